The fourth-order valence-corrected chi connectivity index (χ4v) is 4.00. The van der Waals surface area contributed by atoms with Gasteiger partial charge in [-0.3, -0.25) is 0 Å². The standard InChI is InChI=1S/C15H30N2O/c1-12-7-13(2)9-15(8-12,10-16)17-11-14(3)5-4-6-18-14/h12-13,17H,4-11,16H2,1-3H3. The molecule has 0 amide bonds. The molecule has 0 aromatic heterocycles. The third kappa shape index (κ3) is 3.25. The highest BCUT2D eigenvalue weighted by Gasteiger charge is 2.39. The van der Waals surface area contributed by atoms with Crippen molar-refractivity contribution in [3.8, 4) is 0 Å². The minimum Gasteiger partial charge on any atom is -0.374 e. The summed E-state index contributed by atoms with van der Waals surface area (Å²) < 4.78 is 5.87. The average Bonchev–Trinajstić information content (AvgIpc) is 2.73. The third-order valence-electron chi connectivity index (χ3n) is 4.81. The molecular formula is C15H30N2O. The fraction of sp³-hybridized carbons (Fsp3) is 1.00. The van der Waals surface area contributed by atoms with Gasteiger partial charge in [-0.1, -0.05) is 13.8 Å². The van der Waals surface area contributed by atoms with E-state index in [1.165, 1.54) is 32.1 Å². The van der Waals surface area contributed by atoms with Crippen molar-refractivity contribution in [3.05, 3.63) is 0 Å². The summed E-state index contributed by atoms with van der Waals surface area (Å²) in [5, 5.41) is 3.78. The molecule has 3 heteroatoms. The zero-order valence-electron chi connectivity index (χ0n) is 12.3. The Labute approximate surface area is 112 Å². The first-order chi connectivity index (χ1) is 8.47. The topological polar surface area (TPSA) is 47.3 Å². The highest BCUT2D eigenvalue weighted by molar-refractivity contribution is 4.98. The van der Waals surface area contributed by atoms with Crippen molar-refractivity contribution in [1.29, 1.82) is 0 Å². The number of hydrogen-bond donors (Lipinski definition) is 2. The second kappa shape index (κ2) is 5.48. The molecule has 1 saturated heterocycles. The smallest absolute Gasteiger partial charge is 0.0779 e. The number of nitrogens with two attached hydrogens (primary N) is 1. The molecule has 3 N–H and O–H groups in total. The van der Waals surface area contributed by atoms with Gasteiger partial charge in [0.2, 0.25) is 0 Å². The van der Waals surface area contributed by atoms with Gasteiger partial charge in [-0.2, -0.15) is 0 Å². The van der Waals surface area contributed by atoms with Gasteiger partial charge < -0.3 is 15.8 Å². The van der Waals surface area contributed by atoms with Crippen LogP contribution in [0.5, 0.6) is 0 Å². The Morgan fingerprint density at radius 2 is 1.94 bits per heavy atom. The van der Waals surface area contributed by atoms with Crippen molar-refractivity contribution in [3.63, 3.8) is 0 Å². The first kappa shape index (κ1) is 14.3. The van der Waals surface area contributed by atoms with Gasteiger partial charge in [-0.15, -0.1) is 0 Å². The number of rotatable bonds is 4. The van der Waals surface area contributed by atoms with Gasteiger partial charge in [0.15, 0.2) is 0 Å². The lowest BCUT2D eigenvalue weighted by Gasteiger charge is -2.44. The van der Waals surface area contributed by atoms with E-state index in [1.54, 1.807) is 0 Å². The number of nitrogens with one attached hydrogen (secondary N) is 1. The van der Waals surface area contributed by atoms with Gasteiger partial charge in [0.1, 0.15) is 0 Å². The van der Waals surface area contributed by atoms with Crippen molar-refractivity contribution in [2.24, 2.45) is 17.6 Å². The fourth-order valence-electron chi connectivity index (χ4n) is 4.00. The maximum absolute atomic E-state index is 6.09. The molecule has 2 fully saturated rings. The summed E-state index contributed by atoms with van der Waals surface area (Å²) in [6, 6.07) is 0. The van der Waals surface area contributed by atoms with Crippen LogP contribution in [0.15, 0.2) is 0 Å². The molecule has 3 nitrogen and oxygen atoms in total. The average molecular weight is 254 g/mol. The second-order valence-corrected chi connectivity index (χ2v) is 7.09. The number of ether oxygens (including phenoxy) is 1. The molecule has 0 bridgehead atoms. The molecule has 1 aliphatic carbocycles. The van der Waals surface area contributed by atoms with Crippen molar-refractivity contribution in [1.82, 2.24) is 5.32 Å². The molecule has 0 aromatic carbocycles. The van der Waals surface area contributed by atoms with Crippen LogP contribution < -0.4 is 11.1 Å². The highest BCUT2D eigenvalue weighted by atomic mass is 16.5. The molecule has 1 aliphatic heterocycles. The second-order valence-electron chi connectivity index (χ2n) is 7.09. The normalized spacial score (nSPS) is 45.3. The molecule has 1 saturated carbocycles. The summed E-state index contributed by atoms with van der Waals surface area (Å²) in [5.74, 6) is 1.56. The molecule has 106 valence electrons. The molecule has 0 radical (unpaired) electrons. The van der Waals surface area contributed by atoms with Gasteiger partial charge in [-0.25, -0.2) is 0 Å². The Hall–Kier alpha value is -0.120. The monoisotopic (exact) mass is 254 g/mol. The summed E-state index contributed by atoms with van der Waals surface area (Å²) in [7, 11) is 0. The van der Waals surface area contributed by atoms with Crippen LogP contribution >= 0.6 is 0 Å². The molecule has 0 aromatic rings. The van der Waals surface area contributed by atoms with E-state index in [4.69, 9.17) is 10.5 Å². The van der Waals surface area contributed by atoms with E-state index < -0.39 is 0 Å². The summed E-state index contributed by atoms with van der Waals surface area (Å²) in [4.78, 5) is 0. The van der Waals surface area contributed by atoms with E-state index >= 15 is 0 Å². The van der Waals surface area contributed by atoms with Gasteiger partial charge in [0.25, 0.3) is 0 Å². The van der Waals surface area contributed by atoms with Gasteiger partial charge in [-0.05, 0) is 50.9 Å². The first-order valence-electron chi connectivity index (χ1n) is 7.56. The Morgan fingerprint density at radius 3 is 2.44 bits per heavy atom. The van der Waals surface area contributed by atoms with E-state index in [0.29, 0.717) is 0 Å². The Morgan fingerprint density at radius 1 is 1.28 bits per heavy atom. The van der Waals surface area contributed by atoms with Crippen LogP contribution in [0.1, 0.15) is 52.9 Å². The Bertz CT molecular complexity index is 264. The van der Waals surface area contributed by atoms with Crippen molar-refractivity contribution >= 4 is 0 Å². The van der Waals surface area contributed by atoms with Crippen LogP contribution in [0.25, 0.3) is 0 Å². The van der Waals surface area contributed by atoms with E-state index in [0.717, 1.165) is 31.5 Å². The minimum atomic E-state index is 0.0338. The Kier molecular flexibility index (Phi) is 4.35. The molecule has 2 rings (SSSR count). The maximum atomic E-state index is 6.09. The van der Waals surface area contributed by atoms with Crippen LogP contribution in [0.2, 0.25) is 0 Å². The van der Waals surface area contributed by atoms with Crippen LogP contribution in [-0.4, -0.2) is 30.8 Å². The summed E-state index contributed by atoms with van der Waals surface area (Å²) in [5.41, 5.74) is 6.27. The summed E-state index contributed by atoms with van der Waals surface area (Å²) in [6.07, 6.45) is 6.14. The van der Waals surface area contributed by atoms with Crippen LogP contribution in [0, 0.1) is 11.8 Å². The predicted octanol–water partition coefficient (Wildman–Crippen LogP) is 2.30. The molecule has 18 heavy (non-hydrogen) atoms. The largest absolute Gasteiger partial charge is 0.374 e. The summed E-state index contributed by atoms with van der Waals surface area (Å²) >= 11 is 0. The highest BCUT2D eigenvalue weighted by Crippen LogP contribution is 2.36. The SMILES string of the molecule is CC1CC(C)CC(CN)(NCC2(C)CCCO2)C1. The van der Waals surface area contributed by atoms with Crippen molar-refractivity contribution < 1.29 is 4.74 Å². The van der Waals surface area contributed by atoms with Crippen LogP contribution in [-0.2, 0) is 4.74 Å². The molecule has 0 spiro atoms. The predicted molar refractivity (Wildman–Crippen MR) is 75.6 cm³/mol. The minimum absolute atomic E-state index is 0.0338. The lowest BCUT2D eigenvalue weighted by atomic mass is 9.71. The van der Waals surface area contributed by atoms with E-state index in [9.17, 15) is 0 Å². The molecule has 1 heterocycles. The molecule has 3 unspecified atom stereocenters. The zero-order chi connectivity index (χ0) is 13.2. The van der Waals surface area contributed by atoms with Crippen molar-refractivity contribution in [2.45, 2.75) is 64.0 Å². The lowest BCUT2D eigenvalue weighted by molar-refractivity contribution is 0.00830. The number of hydrogen-bond acceptors (Lipinski definition) is 3. The van der Waals surface area contributed by atoms with Crippen LogP contribution in [0.3, 0.4) is 0 Å². The quantitative estimate of drug-likeness (QED) is 0.809. The zero-order valence-corrected chi connectivity index (χ0v) is 12.3. The molecular weight excluding hydrogens is 224 g/mol. The van der Waals surface area contributed by atoms with E-state index in [-0.39, 0.29) is 11.1 Å². The maximum Gasteiger partial charge on any atom is 0.0779 e. The van der Waals surface area contributed by atoms with Gasteiger partial charge >= 0.3 is 0 Å². The van der Waals surface area contributed by atoms with Gasteiger partial charge in [0.05, 0.1) is 5.60 Å². The molecule has 2 aliphatic rings. The summed E-state index contributed by atoms with van der Waals surface area (Å²) in [6.45, 7) is 9.56. The lowest BCUT2D eigenvalue weighted by Crippen LogP contribution is -2.58. The van der Waals surface area contributed by atoms with Crippen LogP contribution in [0.4, 0.5) is 0 Å². The molecule has 3 atom stereocenters. The van der Waals surface area contributed by atoms with Gasteiger partial charge in [0, 0.05) is 25.2 Å². The first-order valence-corrected chi connectivity index (χ1v) is 7.56. The third-order valence-corrected chi connectivity index (χ3v) is 4.81. The van der Waals surface area contributed by atoms with E-state index in [2.05, 4.69) is 26.1 Å². The van der Waals surface area contributed by atoms with E-state index in [1.807, 2.05) is 0 Å². The Balaban J connectivity index is 1.95. The van der Waals surface area contributed by atoms with Crippen molar-refractivity contribution in [2.75, 3.05) is 19.7 Å².